The third kappa shape index (κ3) is 6.63. The Hall–Kier alpha value is -0.810. The van der Waals surface area contributed by atoms with Crippen molar-refractivity contribution in [3.8, 4) is 0 Å². The van der Waals surface area contributed by atoms with E-state index in [1.54, 1.807) is 0 Å². The normalized spacial score (nSPS) is 27.0. The molecular formula is C22H43N5. The zero-order valence-electron chi connectivity index (χ0n) is 18.1. The number of nitrogens with one attached hydrogen (secondary N) is 2. The Morgan fingerprint density at radius 2 is 1.74 bits per heavy atom. The molecule has 1 saturated carbocycles. The van der Waals surface area contributed by atoms with Crippen molar-refractivity contribution >= 4 is 5.96 Å². The van der Waals surface area contributed by atoms with E-state index < -0.39 is 0 Å². The molecule has 27 heavy (non-hydrogen) atoms. The molecule has 0 spiro atoms. The summed E-state index contributed by atoms with van der Waals surface area (Å²) in [6, 6.07) is 1.48. The van der Waals surface area contributed by atoms with Gasteiger partial charge < -0.3 is 15.5 Å². The van der Waals surface area contributed by atoms with Crippen LogP contribution in [0.25, 0.3) is 0 Å². The fraction of sp³-hybridized carbons (Fsp3) is 0.955. The van der Waals surface area contributed by atoms with Gasteiger partial charge >= 0.3 is 0 Å². The highest BCUT2D eigenvalue weighted by molar-refractivity contribution is 5.79. The molecular weight excluding hydrogens is 334 g/mol. The molecule has 0 aromatic rings. The lowest BCUT2D eigenvalue weighted by Crippen LogP contribution is -2.44. The molecule has 0 aromatic carbocycles. The van der Waals surface area contributed by atoms with Gasteiger partial charge in [-0.2, -0.15) is 0 Å². The molecule has 3 rings (SSSR count). The molecule has 0 radical (unpaired) electrons. The maximum absolute atomic E-state index is 5.01. The Bertz CT molecular complexity index is 452. The van der Waals surface area contributed by atoms with Crippen molar-refractivity contribution in [2.75, 3.05) is 45.8 Å². The van der Waals surface area contributed by atoms with E-state index in [0.29, 0.717) is 12.0 Å². The monoisotopic (exact) mass is 377 g/mol. The lowest BCUT2D eigenvalue weighted by atomic mass is 10.0. The highest BCUT2D eigenvalue weighted by atomic mass is 15.2. The summed E-state index contributed by atoms with van der Waals surface area (Å²) in [6.45, 7) is 14.9. The smallest absolute Gasteiger partial charge is 0.191 e. The van der Waals surface area contributed by atoms with Crippen molar-refractivity contribution in [3.05, 3.63) is 0 Å². The van der Waals surface area contributed by atoms with Crippen LogP contribution in [0.2, 0.25) is 0 Å². The molecule has 2 heterocycles. The van der Waals surface area contributed by atoms with Gasteiger partial charge in [0.1, 0.15) is 0 Å². The summed E-state index contributed by atoms with van der Waals surface area (Å²) in [4.78, 5) is 10.4. The Morgan fingerprint density at radius 1 is 1.00 bits per heavy atom. The van der Waals surface area contributed by atoms with Gasteiger partial charge in [-0.3, -0.25) is 9.89 Å². The molecule has 0 amide bonds. The van der Waals surface area contributed by atoms with Gasteiger partial charge in [0.25, 0.3) is 0 Å². The molecule has 5 heteroatoms. The van der Waals surface area contributed by atoms with E-state index in [-0.39, 0.29) is 0 Å². The van der Waals surface area contributed by atoms with Crippen molar-refractivity contribution in [3.63, 3.8) is 0 Å². The Morgan fingerprint density at radius 3 is 2.37 bits per heavy atom. The van der Waals surface area contributed by atoms with Gasteiger partial charge in [0, 0.05) is 31.7 Å². The summed E-state index contributed by atoms with van der Waals surface area (Å²) in [5, 5.41) is 7.11. The number of guanidine groups is 1. The van der Waals surface area contributed by atoms with E-state index in [4.69, 9.17) is 4.99 Å². The van der Waals surface area contributed by atoms with Crippen molar-refractivity contribution in [1.29, 1.82) is 0 Å². The fourth-order valence-corrected chi connectivity index (χ4v) is 4.74. The predicted octanol–water partition coefficient (Wildman–Crippen LogP) is 2.93. The molecule has 0 aromatic heterocycles. The largest absolute Gasteiger partial charge is 0.357 e. The van der Waals surface area contributed by atoms with Gasteiger partial charge in [0.05, 0.1) is 6.54 Å². The van der Waals surface area contributed by atoms with Crippen LogP contribution in [-0.4, -0.2) is 73.7 Å². The minimum absolute atomic E-state index is 0.565. The Balaban J connectivity index is 1.49. The number of hydrogen-bond donors (Lipinski definition) is 2. The van der Waals surface area contributed by atoms with Crippen molar-refractivity contribution < 1.29 is 0 Å². The maximum atomic E-state index is 5.01. The van der Waals surface area contributed by atoms with E-state index >= 15 is 0 Å². The molecule has 156 valence electrons. The second-order valence-electron chi connectivity index (χ2n) is 9.24. The maximum Gasteiger partial charge on any atom is 0.191 e. The topological polar surface area (TPSA) is 42.9 Å². The van der Waals surface area contributed by atoms with Gasteiger partial charge in [0.2, 0.25) is 0 Å². The highest BCUT2D eigenvalue weighted by Crippen LogP contribution is 2.31. The molecule has 2 N–H and O–H groups in total. The van der Waals surface area contributed by atoms with Gasteiger partial charge in [0.15, 0.2) is 5.96 Å². The van der Waals surface area contributed by atoms with Crippen LogP contribution in [0.5, 0.6) is 0 Å². The number of aliphatic imine (C=N–C) groups is 1. The van der Waals surface area contributed by atoms with Crippen LogP contribution in [0.3, 0.4) is 0 Å². The van der Waals surface area contributed by atoms with Crippen LogP contribution < -0.4 is 10.6 Å². The lowest BCUT2D eigenvalue weighted by Gasteiger charge is -2.32. The highest BCUT2D eigenvalue weighted by Gasteiger charge is 2.34. The van der Waals surface area contributed by atoms with Crippen molar-refractivity contribution in [2.24, 2.45) is 16.8 Å². The predicted molar refractivity (Wildman–Crippen MR) is 115 cm³/mol. The summed E-state index contributed by atoms with van der Waals surface area (Å²) in [6.07, 6.45) is 9.69. The Kier molecular flexibility index (Phi) is 8.25. The van der Waals surface area contributed by atoms with Gasteiger partial charge in [-0.05, 0) is 70.5 Å². The van der Waals surface area contributed by atoms with Crippen LogP contribution in [0.4, 0.5) is 0 Å². The van der Waals surface area contributed by atoms with Crippen LogP contribution in [0.15, 0.2) is 4.99 Å². The van der Waals surface area contributed by atoms with Gasteiger partial charge in [-0.1, -0.05) is 26.7 Å². The number of hydrogen-bond acceptors (Lipinski definition) is 3. The molecule has 3 fully saturated rings. The SMILES string of the molecule is CCNC(=NCC(C(C)C)N1CCCCCC1)NCC1CCN(C2CC2)C1. The van der Waals surface area contributed by atoms with Crippen LogP contribution in [-0.2, 0) is 0 Å². The number of nitrogens with zero attached hydrogens (tertiary/aromatic N) is 3. The van der Waals surface area contributed by atoms with Gasteiger partial charge in [-0.25, -0.2) is 0 Å². The van der Waals surface area contributed by atoms with Crippen LogP contribution in [0.1, 0.15) is 65.7 Å². The summed E-state index contributed by atoms with van der Waals surface area (Å²) in [5.74, 6) is 2.44. The Labute approximate surface area is 167 Å². The van der Waals surface area contributed by atoms with Crippen LogP contribution in [0, 0.1) is 11.8 Å². The first-order valence-corrected chi connectivity index (χ1v) is 11.7. The van der Waals surface area contributed by atoms with E-state index in [0.717, 1.165) is 37.6 Å². The lowest BCUT2D eigenvalue weighted by molar-refractivity contribution is 0.166. The van der Waals surface area contributed by atoms with E-state index in [9.17, 15) is 0 Å². The average Bonchev–Trinajstić information content (AvgIpc) is 3.44. The standard InChI is InChI=1S/C22H43N5/c1-4-23-22(24-15-19-11-14-27(17-19)20-9-10-20)25-16-21(18(2)3)26-12-7-5-6-8-13-26/h18-21H,4-17H2,1-3H3,(H2,23,24,25). The molecule has 1 aliphatic carbocycles. The molecule has 5 nitrogen and oxygen atoms in total. The summed E-state index contributed by atoms with van der Waals surface area (Å²) in [5.41, 5.74) is 0. The second-order valence-corrected chi connectivity index (χ2v) is 9.24. The van der Waals surface area contributed by atoms with Crippen LogP contribution >= 0.6 is 0 Å². The molecule has 2 unspecified atom stereocenters. The van der Waals surface area contributed by atoms with Crippen molar-refractivity contribution in [1.82, 2.24) is 20.4 Å². The first-order chi connectivity index (χ1) is 13.2. The minimum Gasteiger partial charge on any atom is -0.357 e. The zero-order valence-corrected chi connectivity index (χ0v) is 18.1. The molecule has 2 aliphatic heterocycles. The third-order valence-corrected chi connectivity index (χ3v) is 6.60. The molecule has 2 atom stereocenters. The van der Waals surface area contributed by atoms with Crippen molar-refractivity contribution in [2.45, 2.75) is 77.8 Å². The number of likely N-dealkylation sites (tertiary alicyclic amines) is 2. The van der Waals surface area contributed by atoms with E-state index in [1.807, 2.05) is 0 Å². The second kappa shape index (κ2) is 10.7. The van der Waals surface area contributed by atoms with Gasteiger partial charge in [-0.15, -0.1) is 0 Å². The molecule has 0 bridgehead atoms. The summed E-state index contributed by atoms with van der Waals surface area (Å²) in [7, 11) is 0. The molecule has 2 saturated heterocycles. The zero-order chi connectivity index (χ0) is 19.1. The molecule has 3 aliphatic rings. The summed E-state index contributed by atoms with van der Waals surface area (Å²) < 4.78 is 0. The third-order valence-electron chi connectivity index (χ3n) is 6.60. The average molecular weight is 378 g/mol. The first-order valence-electron chi connectivity index (χ1n) is 11.7. The van der Waals surface area contributed by atoms with E-state index in [1.165, 1.54) is 71.1 Å². The summed E-state index contributed by atoms with van der Waals surface area (Å²) >= 11 is 0. The number of rotatable bonds is 8. The quantitative estimate of drug-likeness (QED) is 0.504. The van der Waals surface area contributed by atoms with E-state index in [2.05, 4.69) is 41.2 Å². The fourth-order valence-electron chi connectivity index (χ4n) is 4.74. The minimum atomic E-state index is 0.565. The first kappa shape index (κ1) is 20.9.